The first-order valence-electron chi connectivity index (χ1n) is 7.43. The number of hydrogen-bond acceptors (Lipinski definition) is 3. The van der Waals surface area contributed by atoms with Crippen LogP contribution in [-0.4, -0.2) is 22.4 Å². The van der Waals surface area contributed by atoms with Crippen molar-refractivity contribution in [3.8, 4) is 5.75 Å². The van der Waals surface area contributed by atoms with Gasteiger partial charge < -0.3 is 9.30 Å². The minimum atomic E-state index is -0.215. The van der Waals surface area contributed by atoms with Crippen molar-refractivity contribution in [1.82, 2.24) is 9.55 Å². The van der Waals surface area contributed by atoms with E-state index in [2.05, 4.69) is 4.98 Å². The Hall–Kier alpha value is -2.10. The third-order valence-corrected chi connectivity index (χ3v) is 4.23. The SMILES string of the molecule is COc1ccc(C(=O)C(C)n2cnc3c2CCCC3)cc1. The molecule has 0 aliphatic heterocycles. The van der Waals surface area contributed by atoms with E-state index in [1.165, 1.54) is 18.5 Å². The van der Waals surface area contributed by atoms with E-state index in [-0.39, 0.29) is 11.8 Å². The number of Topliss-reactive ketones (excluding diaryl/α,β-unsaturated/α-hetero) is 1. The number of ether oxygens (including phenoxy) is 1. The van der Waals surface area contributed by atoms with E-state index in [1.807, 2.05) is 42.1 Å². The Bertz CT molecular complexity index is 643. The molecule has 1 aromatic heterocycles. The van der Waals surface area contributed by atoms with E-state index in [0.717, 1.165) is 24.3 Å². The molecule has 1 heterocycles. The Morgan fingerprint density at radius 2 is 1.95 bits per heavy atom. The standard InChI is InChI=1S/C17H20N2O2/c1-12(17(20)13-7-9-14(21-2)10-8-13)19-11-18-15-5-3-4-6-16(15)19/h7-12H,3-6H2,1-2H3. The molecule has 2 aromatic rings. The minimum Gasteiger partial charge on any atom is -0.497 e. The van der Waals surface area contributed by atoms with Gasteiger partial charge in [0.05, 0.1) is 25.2 Å². The summed E-state index contributed by atoms with van der Waals surface area (Å²) in [5.74, 6) is 0.877. The summed E-state index contributed by atoms with van der Waals surface area (Å²) >= 11 is 0. The number of fused-ring (bicyclic) bond motifs is 1. The number of aromatic nitrogens is 2. The number of carbonyl (C=O) groups is 1. The van der Waals surface area contributed by atoms with E-state index in [0.29, 0.717) is 5.56 Å². The zero-order valence-corrected chi connectivity index (χ0v) is 12.5. The van der Waals surface area contributed by atoms with Crippen LogP contribution < -0.4 is 4.74 Å². The van der Waals surface area contributed by atoms with Gasteiger partial charge in [-0.3, -0.25) is 4.79 Å². The fourth-order valence-electron chi connectivity index (χ4n) is 2.95. The number of aryl methyl sites for hydroxylation is 1. The van der Waals surface area contributed by atoms with Gasteiger partial charge in [0.1, 0.15) is 5.75 Å². The van der Waals surface area contributed by atoms with Gasteiger partial charge in [-0.2, -0.15) is 0 Å². The fourth-order valence-corrected chi connectivity index (χ4v) is 2.95. The van der Waals surface area contributed by atoms with Gasteiger partial charge in [0, 0.05) is 11.3 Å². The van der Waals surface area contributed by atoms with Gasteiger partial charge in [-0.25, -0.2) is 4.98 Å². The topological polar surface area (TPSA) is 44.1 Å². The molecule has 1 aliphatic carbocycles. The molecule has 0 spiro atoms. The Balaban J connectivity index is 1.85. The number of ketones is 1. The molecule has 0 fully saturated rings. The lowest BCUT2D eigenvalue weighted by atomic mass is 9.99. The van der Waals surface area contributed by atoms with Crippen LogP contribution in [0.2, 0.25) is 0 Å². The van der Waals surface area contributed by atoms with Crippen LogP contribution in [0.15, 0.2) is 30.6 Å². The Morgan fingerprint density at radius 3 is 2.67 bits per heavy atom. The van der Waals surface area contributed by atoms with Gasteiger partial charge >= 0.3 is 0 Å². The first-order chi connectivity index (χ1) is 10.2. The number of hydrogen-bond donors (Lipinski definition) is 0. The number of methoxy groups -OCH3 is 1. The minimum absolute atomic E-state index is 0.114. The molecule has 1 aliphatic rings. The average molecular weight is 284 g/mol. The molecule has 4 nitrogen and oxygen atoms in total. The Morgan fingerprint density at radius 1 is 1.24 bits per heavy atom. The van der Waals surface area contributed by atoms with Gasteiger partial charge in [0.15, 0.2) is 5.78 Å². The number of imidazole rings is 1. The van der Waals surface area contributed by atoms with Crippen molar-refractivity contribution < 1.29 is 9.53 Å². The summed E-state index contributed by atoms with van der Waals surface area (Å²) in [5.41, 5.74) is 3.10. The second-order valence-electron chi connectivity index (χ2n) is 5.52. The summed E-state index contributed by atoms with van der Waals surface area (Å²) in [4.78, 5) is 17.1. The van der Waals surface area contributed by atoms with Gasteiger partial charge in [0.2, 0.25) is 0 Å². The van der Waals surface area contributed by atoms with Crippen molar-refractivity contribution in [2.75, 3.05) is 7.11 Å². The van der Waals surface area contributed by atoms with Crippen molar-refractivity contribution in [1.29, 1.82) is 0 Å². The first kappa shape index (κ1) is 13.9. The molecule has 3 rings (SSSR count). The first-order valence-corrected chi connectivity index (χ1v) is 7.43. The molecule has 0 amide bonds. The van der Waals surface area contributed by atoms with Crippen molar-refractivity contribution in [3.63, 3.8) is 0 Å². The van der Waals surface area contributed by atoms with Crippen LogP contribution in [0.3, 0.4) is 0 Å². The lowest BCUT2D eigenvalue weighted by Gasteiger charge is -2.19. The van der Waals surface area contributed by atoms with Crippen LogP contribution in [0.4, 0.5) is 0 Å². The van der Waals surface area contributed by atoms with Crippen LogP contribution in [0.1, 0.15) is 47.6 Å². The summed E-state index contributed by atoms with van der Waals surface area (Å²) in [6.07, 6.45) is 6.26. The predicted molar refractivity (Wildman–Crippen MR) is 80.9 cm³/mol. The summed E-state index contributed by atoms with van der Waals surface area (Å²) in [6, 6.07) is 7.07. The zero-order valence-electron chi connectivity index (χ0n) is 12.5. The molecule has 21 heavy (non-hydrogen) atoms. The van der Waals surface area contributed by atoms with E-state index < -0.39 is 0 Å². The second-order valence-corrected chi connectivity index (χ2v) is 5.52. The molecule has 0 saturated carbocycles. The maximum Gasteiger partial charge on any atom is 0.185 e. The monoisotopic (exact) mass is 284 g/mol. The summed E-state index contributed by atoms with van der Waals surface area (Å²) in [5, 5.41) is 0. The molecular weight excluding hydrogens is 264 g/mol. The summed E-state index contributed by atoms with van der Waals surface area (Å²) in [6.45, 7) is 1.95. The molecule has 0 N–H and O–H groups in total. The quantitative estimate of drug-likeness (QED) is 0.810. The van der Waals surface area contributed by atoms with Crippen LogP contribution in [0.25, 0.3) is 0 Å². The fraction of sp³-hybridized carbons (Fsp3) is 0.412. The summed E-state index contributed by atoms with van der Waals surface area (Å²) < 4.78 is 7.17. The molecule has 0 saturated heterocycles. The highest BCUT2D eigenvalue weighted by molar-refractivity contribution is 5.98. The van der Waals surface area contributed by atoms with Gasteiger partial charge in [-0.15, -0.1) is 0 Å². The maximum atomic E-state index is 12.6. The Kier molecular flexibility index (Phi) is 3.78. The highest BCUT2D eigenvalue weighted by Crippen LogP contribution is 2.25. The van der Waals surface area contributed by atoms with Crippen molar-refractivity contribution in [3.05, 3.63) is 47.5 Å². The lowest BCUT2D eigenvalue weighted by Crippen LogP contribution is -2.19. The predicted octanol–water partition coefficient (Wildman–Crippen LogP) is 3.21. The number of benzene rings is 1. The van der Waals surface area contributed by atoms with E-state index >= 15 is 0 Å². The highest BCUT2D eigenvalue weighted by Gasteiger charge is 2.23. The largest absolute Gasteiger partial charge is 0.497 e. The molecule has 110 valence electrons. The summed E-state index contributed by atoms with van der Waals surface area (Å²) in [7, 11) is 1.62. The molecule has 1 aromatic carbocycles. The normalized spacial score (nSPS) is 15.3. The maximum absolute atomic E-state index is 12.6. The van der Waals surface area contributed by atoms with Gasteiger partial charge in [-0.1, -0.05) is 0 Å². The van der Waals surface area contributed by atoms with Crippen molar-refractivity contribution in [2.45, 2.75) is 38.6 Å². The smallest absolute Gasteiger partial charge is 0.185 e. The molecular formula is C17H20N2O2. The van der Waals surface area contributed by atoms with Crippen LogP contribution in [-0.2, 0) is 12.8 Å². The highest BCUT2D eigenvalue weighted by atomic mass is 16.5. The number of carbonyl (C=O) groups excluding carboxylic acids is 1. The second kappa shape index (κ2) is 5.72. The molecule has 0 radical (unpaired) electrons. The van der Waals surface area contributed by atoms with Crippen LogP contribution in [0.5, 0.6) is 5.75 Å². The third-order valence-electron chi connectivity index (χ3n) is 4.23. The van der Waals surface area contributed by atoms with Crippen molar-refractivity contribution in [2.24, 2.45) is 0 Å². The van der Waals surface area contributed by atoms with Crippen molar-refractivity contribution >= 4 is 5.78 Å². The van der Waals surface area contributed by atoms with Gasteiger partial charge in [0.25, 0.3) is 0 Å². The average Bonchev–Trinajstić information content (AvgIpc) is 2.97. The van der Waals surface area contributed by atoms with E-state index in [4.69, 9.17) is 4.74 Å². The molecule has 4 heteroatoms. The van der Waals surface area contributed by atoms with E-state index in [9.17, 15) is 4.79 Å². The van der Waals surface area contributed by atoms with Gasteiger partial charge in [-0.05, 0) is 56.9 Å². The van der Waals surface area contributed by atoms with E-state index in [1.54, 1.807) is 7.11 Å². The third kappa shape index (κ3) is 2.58. The zero-order chi connectivity index (χ0) is 14.8. The van der Waals surface area contributed by atoms with Crippen LogP contribution >= 0.6 is 0 Å². The van der Waals surface area contributed by atoms with Crippen LogP contribution in [0, 0.1) is 0 Å². The number of rotatable bonds is 4. The Labute approximate surface area is 124 Å². The molecule has 0 bridgehead atoms. The molecule has 1 atom stereocenters. The lowest BCUT2D eigenvalue weighted by molar-refractivity contribution is 0.0933. The number of nitrogens with zero attached hydrogens (tertiary/aromatic N) is 2. The molecule has 1 unspecified atom stereocenters.